The van der Waals surface area contributed by atoms with Crippen molar-refractivity contribution in [2.45, 2.75) is 32.1 Å². The Morgan fingerprint density at radius 2 is 1.94 bits per heavy atom. The van der Waals surface area contributed by atoms with Crippen molar-refractivity contribution in [3.63, 3.8) is 0 Å². The van der Waals surface area contributed by atoms with E-state index >= 15 is 0 Å². The maximum Gasteiger partial charge on any atom is 0.0507 e. The Kier molecular flexibility index (Phi) is 4.23. The second-order valence-electron chi connectivity index (χ2n) is 4.67. The normalized spacial score (nSPS) is 16.8. The molecule has 1 saturated carbocycles. The molecule has 0 bridgehead atoms. The molecule has 2 N–H and O–H groups in total. The molecule has 0 atom stereocenters. The minimum atomic E-state index is 0.796. The van der Waals surface area contributed by atoms with Crippen LogP contribution in [-0.4, -0.2) is 13.2 Å². The first-order valence-corrected chi connectivity index (χ1v) is 6.27. The van der Waals surface area contributed by atoms with Gasteiger partial charge in [0.15, 0.2) is 0 Å². The molecule has 2 nitrogen and oxygen atoms in total. The zero-order valence-corrected chi connectivity index (χ0v) is 9.82. The number of nitrogens with two attached hydrogens (primary N) is 1. The van der Waals surface area contributed by atoms with Gasteiger partial charge in [0.05, 0.1) is 6.61 Å². The number of benzene rings is 1. The summed E-state index contributed by atoms with van der Waals surface area (Å²) in [6.45, 7) is 1.73. The largest absolute Gasteiger partial charge is 0.399 e. The van der Waals surface area contributed by atoms with Gasteiger partial charge in [0.1, 0.15) is 0 Å². The lowest BCUT2D eigenvalue weighted by molar-refractivity contribution is 0.104. The first-order chi connectivity index (χ1) is 7.86. The van der Waals surface area contributed by atoms with Crippen LogP contribution >= 0.6 is 0 Å². The van der Waals surface area contributed by atoms with Gasteiger partial charge in [-0.15, -0.1) is 0 Å². The summed E-state index contributed by atoms with van der Waals surface area (Å²) in [5.74, 6) is 0.813. The van der Waals surface area contributed by atoms with E-state index in [9.17, 15) is 0 Å². The van der Waals surface area contributed by atoms with E-state index in [1.165, 1.54) is 31.2 Å². The molecule has 0 spiro atoms. The fraction of sp³-hybridized carbons (Fsp3) is 0.571. The van der Waals surface area contributed by atoms with Crippen LogP contribution in [0.5, 0.6) is 0 Å². The van der Waals surface area contributed by atoms with Crippen LogP contribution in [0.25, 0.3) is 0 Å². The highest BCUT2D eigenvalue weighted by atomic mass is 16.5. The van der Waals surface area contributed by atoms with Crippen molar-refractivity contribution < 1.29 is 4.74 Å². The van der Waals surface area contributed by atoms with Gasteiger partial charge in [-0.2, -0.15) is 0 Å². The number of anilines is 1. The predicted octanol–water partition coefficient (Wildman–Crippen LogP) is 3.02. The molecule has 1 aromatic carbocycles. The minimum Gasteiger partial charge on any atom is -0.399 e. The van der Waals surface area contributed by atoms with Gasteiger partial charge in [-0.3, -0.25) is 0 Å². The van der Waals surface area contributed by atoms with Crippen LogP contribution in [0.1, 0.15) is 31.2 Å². The zero-order chi connectivity index (χ0) is 11.2. The summed E-state index contributed by atoms with van der Waals surface area (Å²) < 4.78 is 5.72. The number of hydrogen-bond acceptors (Lipinski definition) is 2. The standard InChI is InChI=1S/C14H21NO/c15-14-8-4-3-7-13(14)9-10-16-11-12-5-1-2-6-12/h3-4,7-8,12H,1-2,5-6,9-11,15H2. The van der Waals surface area contributed by atoms with Crippen molar-refractivity contribution in [1.29, 1.82) is 0 Å². The summed E-state index contributed by atoms with van der Waals surface area (Å²) in [6.07, 6.45) is 6.42. The molecule has 1 aromatic rings. The van der Waals surface area contributed by atoms with Crippen LogP contribution in [0.15, 0.2) is 24.3 Å². The van der Waals surface area contributed by atoms with Crippen LogP contribution in [0.4, 0.5) is 5.69 Å². The van der Waals surface area contributed by atoms with Gasteiger partial charge >= 0.3 is 0 Å². The number of hydrogen-bond donors (Lipinski definition) is 1. The van der Waals surface area contributed by atoms with E-state index in [2.05, 4.69) is 6.07 Å². The summed E-state index contributed by atoms with van der Waals surface area (Å²) in [5, 5.41) is 0. The first kappa shape index (κ1) is 11.5. The van der Waals surface area contributed by atoms with Crippen LogP contribution in [-0.2, 0) is 11.2 Å². The summed E-state index contributed by atoms with van der Waals surface area (Å²) in [6, 6.07) is 8.03. The molecular formula is C14H21NO. The Labute approximate surface area is 97.8 Å². The third-order valence-corrected chi connectivity index (χ3v) is 3.40. The molecule has 2 heteroatoms. The molecule has 0 heterocycles. The van der Waals surface area contributed by atoms with Crippen LogP contribution in [0.3, 0.4) is 0 Å². The highest BCUT2D eigenvalue weighted by Crippen LogP contribution is 2.24. The third kappa shape index (κ3) is 3.24. The number of ether oxygens (including phenoxy) is 1. The first-order valence-electron chi connectivity index (χ1n) is 6.27. The molecule has 88 valence electrons. The number of nitrogen functional groups attached to an aromatic ring is 1. The van der Waals surface area contributed by atoms with Crippen LogP contribution < -0.4 is 5.73 Å². The van der Waals surface area contributed by atoms with E-state index in [1.807, 2.05) is 18.2 Å². The second kappa shape index (κ2) is 5.90. The van der Waals surface area contributed by atoms with Gasteiger partial charge in [0.25, 0.3) is 0 Å². The van der Waals surface area contributed by atoms with Gasteiger partial charge < -0.3 is 10.5 Å². The van der Waals surface area contributed by atoms with Gasteiger partial charge in [0.2, 0.25) is 0 Å². The molecule has 1 aliphatic carbocycles. The predicted molar refractivity (Wildman–Crippen MR) is 67.3 cm³/mol. The topological polar surface area (TPSA) is 35.2 Å². The van der Waals surface area contributed by atoms with Crippen molar-refractivity contribution >= 4 is 5.69 Å². The monoisotopic (exact) mass is 219 g/mol. The zero-order valence-electron chi connectivity index (χ0n) is 9.82. The summed E-state index contributed by atoms with van der Waals surface area (Å²) >= 11 is 0. The van der Waals surface area contributed by atoms with E-state index in [0.29, 0.717) is 0 Å². The van der Waals surface area contributed by atoms with E-state index in [0.717, 1.165) is 31.2 Å². The number of rotatable bonds is 5. The fourth-order valence-electron chi connectivity index (χ4n) is 2.37. The highest BCUT2D eigenvalue weighted by Gasteiger charge is 2.14. The molecule has 0 aromatic heterocycles. The van der Waals surface area contributed by atoms with Crippen molar-refractivity contribution in [3.8, 4) is 0 Å². The van der Waals surface area contributed by atoms with Gasteiger partial charge in [0, 0.05) is 12.3 Å². The highest BCUT2D eigenvalue weighted by molar-refractivity contribution is 5.46. The second-order valence-corrected chi connectivity index (χ2v) is 4.67. The molecule has 1 fully saturated rings. The lowest BCUT2D eigenvalue weighted by Crippen LogP contribution is -2.08. The van der Waals surface area contributed by atoms with E-state index < -0.39 is 0 Å². The molecule has 0 amide bonds. The summed E-state index contributed by atoms with van der Waals surface area (Å²) in [5.41, 5.74) is 7.95. The fourth-order valence-corrected chi connectivity index (χ4v) is 2.37. The Hall–Kier alpha value is -1.02. The Balaban J connectivity index is 1.66. The molecule has 16 heavy (non-hydrogen) atoms. The van der Waals surface area contributed by atoms with Crippen LogP contribution in [0.2, 0.25) is 0 Å². The molecule has 0 aliphatic heterocycles. The van der Waals surface area contributed by atoms with Gasteiger partial charge in [-0.25, -0.2) is 0 Å². The lowest BCUT2D eigenvalue weighted by atomic mass is 10.1. The summed E-state index contributed by atoms with van der Waals surface area (Å²) in [7, 11) is 0. The van der Waals surface area contributed by atoms with Gasteiger partial charge in [-0.05, 0) is 36.8 Å². The molecular weight excluding hydrogens is 198 g/mol. The van der Waals surface area contributed by atoms with E-state index in [-0.39, 0.29) is 0 Å². The van der Waals surface area contributed by atoms with Crippen molar-refractivity contribution in [2.75, 3.05) is 18.9 Å². The molecule has 0 saturated heterocycles. The third-order valence-electron chi connectivity index (χ3n) is 3.40. The number of para-hydroxylation sites is 1. The average Bonchev–Trinajstić information content (AvgIpc) is 2.79. The van der Waals surface area contributed by atoms with Crippen LogP contribution in [0, 0.1) is 5.92 Å². The van der Waals surface area contributed by atoms with Crippen molar-refractivity contribution in [1.82, 2.24) is 0 Å². The maximum absolute atomic E-state index is 5.87. The maximum atomic E-state index is 5.87. The Morgan fingerprint density at radius 3 is 2.69 bits per heavy atom. The summed E-state index contributed by atoms with van der Waals surface area (Å²) in [4.78, 5) is 0. The Morgan fingerprint density at radius 1 is 1.19 bits per heavy atom. The SMILES string of the molecule is Nc1ccccc1CCOCC1CCCC1. The van der Waals surface area contributed by atoms with Gasteiger partial charge in [-0.1, -0.05) is 31.0 Å². The molecule has 0 radical (unpaired) electrons. The van der Waals surface area contributed by atoms with Crippen molar-refractivity contribution in [3.05, 3.63) is 29.8 Å². The average molecular weight is 219 g/mol. The van der Waals surface area contributed by atoms with Crippen molar-refractivity contribution in [2.24, 2.45) is 5.92 Å². The van der Waals surface area contributed by atoms with E-state index in [1.54, 1.807) is 0 Å². The van der Waals surface area contributed by atoms with E-state index in [4.69, 9.17) is 10.5 Å². The molecule has 1 aliphatic rings. The Bertz CT molecular complexity index is 318. The minimum absolute atomic E-state index is 0.796. The lowest BCUT2D eigenvalue weighted by Gasteiger charge is -2.10. The molecule has 2 rings (SSSR count). The molecule has 0 unspecified atom stereocenters. The smallest absolute Gasteiger partial charge is 0.0507 e. The quantitative estimate of drug-likeness (QED) is 0.610.